The number of carbonyl (C=O) groups is 1. The lowest BCUT2D eigenvalue weighted by Crippen LogP contribution is -2.14. The van der Waals surface area contributed by atoms with Crippen molar-refractivity contribution in [2.45, 2.75) is 5.22 Å². The van der Waals surface area contributed by atoms with E-state index in [1.54, 1.807) is 30.3 Å². The number of amides is 1. The highest BCUT2D eigenvalue weighted by Gasteiger charge is 2.12. The minimum absolute atomic E-state index is 0.0188. The van der Waals surface area contributed by atoms with Crippen molar-refractivity contribution in [2.24, 2.45) is 0 Å². The highest BCUT2D eigenvalue weighted by Crippen LogP contribution is 2.24. The zero-order chi connectivity index (χ0) is 18.5. The highest BCUT2D eigenvalue weighted by atomic mass is 35.5. The molecular formula is C16H11ClN4O4S. The van der Waals surface area contributed by atoms with E-state index in [4.69, 9.17) is 16.0 Å². The van der Waals surface area contributed by atoms with Crippen LogP contribution in [0.2, 0.25) is 5.02 Å². The Morgan fingerprint density at radius 2 is 2.00 bits per heavy atom. The topological polar surface area (TPSA) is 111 Å². The second-order valence-electron chi connectivity index (χ2n) is 5.02. The molecule has 1 aromatic heterocycles. The molecule has 0 saturated heterocycles. The van der Waals surface area contributed by atoms with Crippen LogP contribution in [0.4, 0.5) is 11.4 Å². The fraction of sp³-hybridized carbons (Fsp3) is 0.0625. The number of nitrogens with zero attached hydrogens (tertiary/aromatic N) is 3. The first kappa shape index (κ1) is 17.9. The Bertz CT molecular complexity index is 945. The molecule has 0 aliphatic carbocycles. The van der Waals surface area contributed by atoms with Crippen LogP contribution in [0, 0.1) is 10.1 Å². The summed E-state index contributed by atoms with van der Waals surface area (Å²) in [6.07, 6.45) is 0. The molecule has 3 aromatic rings. The predicted molar refractivity (Wildman–Crippen MR) is 97.2 cm³/mol. The van der Waals surface area contributed by atoms with Crippen LogP contribution in [0.15, 0.2) is 58.2 Å². The van der Waals surface area contributed by atoms with Gasteiger partial charge in [-0.1, -0.05) is 29.4 Å². The van der Waals surface area contributed by atoms with Gasteiger partial charge < -0.3 is 9.73 Å². The molecule has 1 heterocycles. The molecule has 0 aliphatic heterocycles. The van der Waals surface area contributed by atoms with Crippen LogP contribution in [0.5, 0.6) is 0 Å². The highest BCUT2D eigenvalue weighted by molar-refractivity contribution is 7.99. The van der Waals surface area contributed by atoms with E-state index in [1.807, 2.05) is 0 Å². The third kappa shape index (κ3) is 4.58. The molecule has 26 heavy (non-hydrogen) atoms. The average molecular weight is 391 g/mol. The van der Waals surface area contributed by atoms with E-state index in [2.05, 4.69) is 15.5 Å². The van der Waals surface area contributed by atoms with Crippen molar-refractivity contribution in [3.8, 4) is 11.5 Å². The molecule has 0 fully saturated rings. The molecule has 132 valence electrons. The molecule has 0 unspecified atom stereocenters. The van der Waals surface area contributed by atoms with E-state index in [0.717, 1.165) is 17.3 Å². The molecule has 0 saturated carbocycles. The van der Waals surface area contributed by atoms with Crippen molar-refractivity contribution in [2.75, 3.05) is 11.1 Å². The Morgan fingerprint density at radius 3 is 2.73 bits per heavy atom. The molecule has 0 bridgehead atoms. The zero-order valence-electron chi connectivity index (χ0n) is 13.1. The quantitative estimate of drug-likeness (QED) is 0.384. The van der Waals surface area contributed by atoms with E-state index < -0.39 is 4.92 Å². The number of nitrogens with one attached hydrogen (secondary N) is 1. The minimum Gasteiger partial charge on any atom is -0.411 e. The fourth-order valence-electron chi connectivity index (χ4n) is 2.00. The van der Waals surface area contributed by atoms with Crippen LogP contribution in [-0.2, 0) is 4.79 Å². The molecule has 2 aromatic carbocycles. The van der Waals surface area contributed by atoms with Crippen LogP contribution in [0.1, 0.15) is 0 Å². The predicted octanol–water partition coefficient (Wildman–Crippen LogP) is 4.03. The molecule has 8 nitrogen and oxygen atoms in total. The van der Waals surface area contributed by atoms with Crippen LogP contribution in [0.3, 0.4) is 0 Å². The SMILES string of the molecule is O=C(CSc1nnc(-c2ccc(Cl)cc2)o1)Nc1cccc([N+](=O)[O-])c1. The van der Waals surface area contributed by atoms with Crippen molar-refractivity contribution >= 4 is 40.6 Å². The first-order chi connectivity index (χ1) is 12.5. The third-order valence-corrected chi connectivity index (χ3v) is 4.24. The van der Waals surface area contributed by atoms with Crippen LogP contribution in [0.25, 0.3) is 11.5 Å². The van der Waals surface area contributed by atoms with Crippen LogP contribution < -0.4 is 5.32 Å². The largest absolute Gasteiger partial charge is 0.411 e. The van der Waals surface area contributed by atoms with Gasteiger partial charge in [0.15, 0.2) is 0 Å². The first-order valence-corrected chi connectivity index (χ1v) is 8.64. The van der Waals surface area contributed by atoms with Crippen molar-refractivity contribution in [3.05, 3.63) is 63.7 Å². The van der Waals surface area contributed by atoms with Gasteiger partial charge in [0, 0.05) is 28.4 Å². The maximum absolute atomic E-state index is 12.0. The summed E-state index contributed by atoms with van der Waals surface area (Å²) in [4.78, 5) is 22.2. The van der Waals surface area contributed by atoms with E-state index in [0.29, 0.717) is 16.6 Å². The summed E-state index contributed by atoms with van der Waals surface area (Å²) in [6.45, 7) is 0. The van der Waals surface area contributed by atoms with Crippen LogP contribution >= 0.6 is 23.4 Å². The number of benzene rings is 2. The number of nitro benzene ring substituents is 1. The summed E-state index contributed by atoms with van der Waals surface area (Å²) < 4.78 is 5.49. The normalized spacial score (nSPS) is 10.5. The molecule has 0 atom stereocenters. The number of rotatable bonds is 6. The Morgan fingerprint density at radius 1 is 1.23 bits per heavy atom. The number of thioether (sulfide) groups is 1. The van der Waals surface area contributed by atoms with Gasteiger partial charge in [-0.15, -0.1) is 10.2 Å². The molecule has 0 aliphatic rings. The molecule has 1 amide bonds. The van der Waals surface area contributed by atoms with Gasteiger partial charge in [-0.25, -0.2) is 0 Å². The van der Waals surface area contributed by atoms with Crippen molar-refractivity contribution < 1.29 is 14.1 Å². The van der Waals surface area contributed by atoms with Crippen molar-refractivity contribution in [1.29, 1.82) is 0 Å². The Labute approximate surface area is 156 Å². The van der Waals surface area contributed by atoms with Crippen molar-refractivity contribution in [1.82, 2.24) is 10.2 Å². The molecular weight excluding hydrogens is 380 g/mol. The van der Waals surface area contributed by atoms with E-state index in [9.17, 15) is 14.9 Å². The number of aromatic nitrogens is 2. The van der Waals surface area contributed by atoms with Gasteiger partial charge in [-0.3, -0.25) is 14.9 Å². The lowest BCUT2D eigenvalue weighted by Gasteiger charge is -2.03. The van der Waals surface area contributed by atoms with Crippen molar-refractivity contribution in [3.63, 3.8) is 0 Å². The van der Waals surface area contributed by atoms with E-state index in [-0.39, 0.29) is 22.6 Å². The smallest absolute Gasteiger partial charge is 0.277 e. The monoisotopic (exact) mass is 390 g/mol. The van der Waals surface area contributed by atoms with Gasteiger partial charge in [-0.2, -0.15) is 0 Å². The summed E-state index contributed by atoms with van der Waals surface area (Å²) in [5, 5.41) is 22.0. The number of nitro groups is 1. The van der Waals surface area contributed by atoms with Gasteiger partial charge in [0.05, 0.1) is 10.7 Å². The van der Waals surface area contributed by atoms with E-state index in [1.165, 1.54) is 18.2 Å². The second kappa shape index (κ2) is 7.98. The van der Waals surface area contributed by atoms with Gasteiger partial charge in [-0.05, 0) is 30.3 Å². The second-order valence-corrected chi connectivity index (χ2v) is 6.39. The summed E-state index contributed by atoms with van der Waals surface area (Å²) in [5.74, 6) is -0.00436. The molecule has 3 rings (SSSR count). The summed E-state index contributed by atoms with van der Waals surface area (Å²) in [5.41, 5.74) is 0.965. The number of hydrogen-bond donors (Lipinski definition) is 1. The zero-order valence-corrected chi connectivity index (χ0v) is 14.7. The number of halogens is 1. The third-order valence-electron chi connectivity index (χ3n) is 3.17. The first-order valence-electron chi connectivity index (χ1n) is 7.28. The van der Waals surface area contributed by atoms with Gasteiger partial charge in [0.25, 0.3) is 10.9 Å². The van der Waals surface area contributed by atoms with Gasteiger partial charge in [0.1, 0.15) is 0 Å². The fourth-order valence-corrected chi connectivity index (χ4v) is 2.69. The molecule has 0 radical (unpaired) electrons. The average Bonchev–Trinajstić information content (AvgIpc) is 3.10. The molecule has 10 heteroatoms. The Kier molecular flexibility index (Phi) is 5.49. The Balaban J connectivity index is 1.57. The van der Waals surface area contributed by atoms with Gasteiger partial charge >= 0.3 is 0 Å². The standard InChI is InChI=1S/C16H11ClN4O4S/c17-11-6-4-10(5-7-11)15-19-20-16(25-15)26-9-14(22)18-12-2-1-3-13(8-12)21(23)24/h1-8H,9H2,(H,18,22). The number of carbonyl (C=O) groups excluding carboxylic acids is 1. The number of anilines is 1. The summed E-state index contributed by atoms with van der Waals surface area (Å²) >= 11 is 6.89. The van der Waals surface area contributed by atoms with E-state index >= 15 is 0 Å². The molecule has 1 N–H and O–H groups in total. The summed E-state index contributed by atoms with van der Waals surface area (Å²) in [7, 11) is 0. The number of non-ortho nitro benzene ring substituents is 1. The van der Waals surface area contributed by atoms with Crippen LogP contribution in [-0.4, -0.2) is 26.8 Å². The number of hydrogen-bond acceptors (Lipinski definition) is 7. The molecule has 0 spiro atoms. The lowest BCUT2D eigenvalue weighted by atomic mass is 10.2. The summed E-state index contributed by atoms with van der Waals surface area (Å²) in [6, 6.07) is 12.6. The maximum atomic E-state index is 12.0. The lowest BCUT2D eigenvalue weighted by molar-refractivity contribution is -0.384. The minimum atomic E-state index is -0.527. The Hall–Kier alpha value is -2.91. The van der Waals surface area contributed by atoms with Gasteiger partial charge in [0.2, 0.25) is 11.8 Å². The maximum Gasteiger partial charge on any atom is 0.277 e.